The van der Waals surface area contributed by atoms with Crippen LogP contribution in [0.15, 0.2) is 75.8 Å². The molecular formula is C26H18F3N3O7S2. The number of urea groups is 1. The number of pyridine rings is 1. The largest absolute Gasteiger partial charge is 0.493 e. The normalized spacial score (nSPS) is 15.7. The van der Waals surface area contributed by atoms with Gasteiger partial charge in [0.05, 0.1) is 20.2 Å². The van der Waals surface area contributed by atoms with Crippen LogP contribution in [0.5, 0.6) is 5.75 Å². The van der Waals surface area contributed by atoms with Crippen molar-refractivity contribution in [2.24, 2.45) is 0 Å². The lowest BCUT2D eigenvalue weighted by molar-refractivity contribution is -0.230. The number of benzene rings is 2. The predicted molar refractivity (Wildman–Crippen MR) is 137 cm³/mol. The summed E-state index contributed by atoms with van der Waals surface area (Å²) in [6.45, 7) is 2.04. The van der Waals surface area contributed by atoms with E-state index in [1.165, 1.54) is 29.6 Å². The lowest BCUT2D eigenvalue weighted by atomic mass is 10.1. The summed E-state index contributed by atoms with van der Waals surface area (Å²) in [5, 5.41) is 3.79. The van der Waals surface area contributed by atoms with Gasteiger partial charge < -0.3 is 9.57 Å². The molecule has 1 aliphatic heterocycles. The van der Waals surface area contributed by atoms with Gasteiger partial charge in [-0.3, -0.25) is 15.1 Å². The Morgan fingerprint density at radius 2 is 1.80 bits per heavy atom. The maximum absolute atomic E-state index is 13.5. The van der Waals surface area contributed by atoms with Crippen molar-refractivity contribution in [3.8, 4) is 5.75 Å². The smallest absolute Gasteiger partial charge is 0.489 e. The van der Waals surface area contributed by atoms with Gasteiger partial charge in [0.25, 0.3) is 5.91 Å². The molecule has 0 radical (unpaired) electrons. The second-order valence-corrected chi connectivity index (χ2v) is 11.6. The summed E-state index contributed by atoms with van der Waals surface area (Å²) in [5.41, 5.74) is 2.50. The fraction of sp³-hybridized carbons (Fsp3) is 0.154. The number of aryl methyl sites for hydroxylation is 1. The van der Waals surface area contributed by atoms with Gasteiger partial charge in [0.2, 0.25) is 9.84 Å². The molecule has 0 saturated carbocycles. The molecule has 10 nitrogen and oxygen atoms in total. The van der Waals surface area contributed by atoms with E-state index in [1.54, 1.807) is 5.32 Å². The van der Waals surface area contributed by atoms with Crippen LogP contribution in [0.1, 0.15) is 22.2 Å². The average Bonchev–Trinajstić information content (AvgIpc) is 3.51. The van der Waals surface area contributed by atoms with Crippen LogP contribution in [-0.4, -0.2) is 42.5 Å². The van der Waals surface area contributed by atoms with Crippen LogP contribution in [0.2, 0.25) is 0 Å². The molecule has 4 aromatic rings. The third-order valence-electron chi connectivity index (χ3n) is 5.98. The van der Waals surface area contributed by atoms with Gasteiger partial charge in [-0.05, 0) is 54.8 Å². The first kappa shape index (κ1) is 28.0. The van der Waals surface area contributed by atoms with Crippen molar-refractivity contribution < 1.29 is 45.5 Å². The third-order valence-corrected chi connectivity index (χ3v) is 8.91. The molecule has 41 heavy (non-hydrogen) atoms. The second kappa shape index (κ2) is 10.5. The zero-order valence-corrected chi connectivity index (χ0v) is 22.5. The van der Waals surface area contributed by atoms with E-state index in [4.69, 9.17) is 4.74 Å². The number of para-hydroxylation sites is 1. The van der Waals surface area contributed by atoms with Gasteiger partial charge in [0.1, 0.15) is 12.4 Å². The van der Waals surface area contributed by atoms with Gasteiger partial charge in [-0.1, -0.05) is 18.2 Å². The van der Waals surface area contributed by atoms with Crippen molar-refractivity contribution in [1.29, 1.82) is 0 Å². The molecule has 1 N–H and O–H groups in total. The standard InChI is InChI=1S/C26H18F3N3O7S2/c1-14-12-15(18-4-2-3-5-19(18)30-14)13-38-16-6-8-17(9-7-16)41(36,37)20-10-11-40-22(20)21-23(33)31-25(35)32(21)39-24(34)26(27,28)29/h2-12,21H,13H2,1H3,(H,31,33,35). The first-order valence-corrected chi connectivity index (χ1v) is 14.1. The highest BCUT2D eigenvalue weighted by Gasteiger charge is 2.50. The van der Waals surface area contributed by atoms with Crippen molar-refractivity contribution in [3.63, 3.8) is 0 Å². The van der Waals surface area contributed by atoms with Crippen LogP contribution in [0, 0.1) is 6.92 Å². The second-order valence-electron chi connectivity index (χ2n) is 8.75. The van der Waals surface area contributed by atoms with Gasteiger partial charge in [-0.15, -0.1) is 16.4 Å². The number of nitrogens with one attached hydrogen (secondary N) is 1. The molecule has 15 heteroatoms. The number of sulfone groups is 1. The molecule has 2 aromatic heterocycles. The Labute approximate surface area is 234 Å². The van der Waals surface area contributed by atoms with E-state index >= 15 is 0 Å². The molecular weight excluding hydrogens is 587 g/mol. The molecule has 1 saturated heterocycles. The Morgan fingerprint density at radius 3 is 2.51 bits per heavy atom. The number of aromatic nitrogens is 1. The summed E-state index contributed by atoms with van der Waals surface area (Å²) in [6, 6.07) is 12.6. The van der Waals surface area contributed by atoms with Crippen molar-refractivity contribution in [3.05, 3.63) is 82.2 Å². The van der Waals surface area contributed by atoms with Gasteiger partial charge in [0, 0.05) is 16.6 Å². The Balaban J connectivity index is 1.38. The minimum absolute atomic E-state index is 0.121. The number of hydrogen-bond donors (Lipinski definition) is 1. The first-order valence-electron chi connectivity index (χ1n) is 11.7. The van der Waals surface area contributed by atoms with Gasteiger partial charge in [-0.25, -0.2) is 18.0 Å². The van der Waals surface area contributed by atoms with E-state index in [2.05, 4.69) is 9.82 Å². The van der Waals surface area contributed by atoms with Crippen LogP contribution in [-0.2, 0) is 30.9 Å². The van der Waals surface area contributed by atoms with Crippen molar-refractivity contribution in [2.75, 3.05) is 0 Å². The maximum atomic E-state index is 13.5. The van der Waals surface area contributed by atoms with Crippen molar-refractivity contribution in [1.82, 2.24) is 15.4 Å². The number of halogens is 3. The molecule has 3 amide bonds. The highest BCUT2D eigenvalue weighted by Crippen LogP contribution is 2.38. The fourth-order valence-electron chi connectivity index (χ4n) is 4.16. The Kier molecular flexibility index (Phi) is 7.17. The Hall–Kier alpha value is -4.50. The molecule has 212 valence electrons. The number of hydroxylamine groups is 2. The first-order chi connectivity index (χ1) is 19.4. The number of thiophene rings is 1. The molecule has 3 heterocycles. The van der Waals surface area contributed by atoms with Gasteiger partial charge in [-0.2, -0.15) is 13.2 Å². The summed E-state index contributed by atoms with van der Waals surface area (Å²) in [5.74, 6) is -3.55. The number of hydrogen-bond acceptors (Lipinski definition) is 9. The molecule has 1 aliphatic rings. The molecule has 0 spiro atoms. The quantitative estimate of drug-likeness (QED) is 0.302. The molecule has 0 bridgehead atoms. The predicted octanol–water partition coefficient (Wildman–Crippen LogP) is 4.63. The van der Waals surface area contributed by atoms with Crippen LogP contribution in [0.4, 0.5) is 18.0 Å². The number of nitrogens with zero attached hydrogens (tertiary/aromatic N) is 2. The molecule has 2 aromatic carbocycles. The number of alkyl halides is 3. The summed E-state index contributed by atoms with van der Waals surface area (Å²) in [4.78, 5) is 43.4. The van der Waals surface area contributed by atoms with Crippen LogP contribution in [0.25, 0.3) is 10.9 Å². The van der Waals surface area contributed by atoms with Crippen LogP contribution < -0.4 is 10.1 Å². The lowest BCUT2D eigenvalue weighted by Crippen LogP contribution is -2.38. The van der Waals surface area contributed by atoms with E-state index in [9.17, 15) is 36.0 Å². The molecule has 0 aliphatic carbocycles. The minimum Gasteiger partial charge on any atom is -0.489 e. The Bertz CT molecular complexity index is 1790. The average molecular weight is 606 g/mol. The van der Waals surface area contributed by atoms with Crippen LogP contribution in [0.3, 0.4) is 0 Å². The number of ether oxygens (including phenoxy) is 1. The highest BCUT2D eigenvalue weighted by molar-refractivity contribution is 7.91. The lowest BCUT2D eigenvalue weighted by Gasteiger charge is -2.20. The topological polar surface area (TPSA) is 132 Å². The zero-order valence-electron chi connectivity index (χ0n) is 20.8. The number of rotatable bonds is 7. The van der Waals surface area contributed by atoms with E-state index in [1.807, 2.05) is 37.3 Å². The van der Waals surface area contributed by atoms with Crippen molar-refractivity contribution >= 4 is 50.0 Å². The summed E-state index contributed by atoms with van der Waals surface area (Å²) in [7, 11) is -4.34. The van der Waals surface area contributed by atoms with Crippen LogP contribution >= 0.6 is 11.3 Å². The van der Waals surface area contributed by atoms with E-state index < -0.39 is 44.9 Å². The third kappa shape index (κ3) is 5.45. The number of imide groups is 1. The highest BCUT2D eigenvalue weighted by atomic mass is 32.2. The number of carbonyl (C=O) groups is 3. The molecule has 1 unspecified atom stereocenters. The number of fused-ring (bicyclic) bond motifs is 1. The molecule has 1 fully saturated rings. The van der Waals surface area contributed by atoms with Gasteiger partial charge in [0.15, 0.2) is 6.04 Å². The van der Waals surface area contributed by atoms with E-state index in [0.717, 1.165) is 28.2 Å². The number of amides is 3. The summed E-state index contributed by atoms with van der Waals surface area (Å²) >= 11 is 0.687. The summed E-state index contributed by atoms with van der Waals surface area (Å²) in [6.07, 6.45) is -5.46. The number of carbonyl (C=O) groups excluding carboxylic acids is 3. The molecule has 1 atom stereocenters. The van der Waals surface area contributed by atoms with Gasteiger partial charge >= 0.3 is 18.2 Å². The van der Waals surface area contributed by atoms with E-state index in [-0.39, 0.29) is 21.4 Å². The fourth-order valence-corrected chi connectivity index (χ4v) is 6.96. The SMILES string of the molecule is Cc1cc(COc2ccc(S(=O)(=O)c3ccsc3C3C(=O)NC(=O)N3OC(=O)C(F)(F)F)cc2)c2ccccc2n1. The minimum atomic E-state index is -5.46. The molecule has 5 rings (SSSR count). The summed E-state index contributed by atoms with van der Waals surface area (Å²) < 4.78 is 71.0. The Morgan fingerprint density at radius 1 is 1.10 bits per heavy atom. The van der Waals surface area contributed by atoms with Crippen molar-refractivity contribution in [2.45, 2.75) is 35.5 Å². The monoisotopic (exact) mass is 605 g/mol. The van der Waals surface area contributed by atoms with E-state index in [0.29, 0.717) is 17.1 Å². The maximum Gasteiger partial charge on any atom is 0.493 e. The zero-order chi connectivity index (χ0) is 29.5.